The van der Waals surface area contributed by atoms with E-state index in [0.29, 0.717) is 32.5 Å². The number of aliphatic imine (C=N–C) groups is 1. The number of nitrogens with two attached hydrogens (primary N) is 1. The Labute approximate surface area is 275 Å². The van der Waals surface area contributed by atoms with Crippen LogP contribution in [0.1, 0.15) is 72.6 Å². The molecule has 0 aromatic rings. The van der Waals surface area contributed by atoms with Crippen LogP contribution < -0.4 is 21.7 Å². The van der Waals surface area contributed by atoms with Gasteiger partial charge in [0.15, 0.2) is 0 Å². The van der Waals surface area contributed by atoms with E-state index in [2.05, 4.69) is 51.5 Å². The minimum absolute atomic E-state index is 0.0474. The number of nitrogens with one attached hydrogen (secondary N) is 3. The molecule has 0 radical (unpaired) electrons. The van der Waals surface area contributed by atoms with Crippen molar-refractivity contribution in [2.75, 3.05) is 58.9 Å². The number of piperazine rings is 1. The topological polar surface area (TPSA) is 118 Å². The van der Waals surface area contributed by atoms with E-state index in [-0.39, 0.29) is 36.6 Å². The summed E-state index contributed by atoms with van der Waals surface area (Å²) in [7, 11) is 0. The lowest BCUT2D eigenvalue weighted by molar-refractivity contribution is -0.139. The molecular formula is C34H60F2N8O2. The number of likely N-dealkylation sites (tertiary alicyclic amines) is 1. The predicted molar refractivity (Wildman–Crippen MR) is 180 cm³/mol. The van der Waals surface area contributed by atoms with Gasteiger partial charge in [0.05, 0.1) is 30.2 Å². The van der Waals surface area contributed by atoms with Crippen LogP contribution in [-0.2, 0) is 9.59 Å². The monoisotopic (exact) mass is 650 g/mol. The van der Waals surface area contributed by atoms with Crippen LogP contribution in [0.4, 0.5) is 8.78 Å². The number of nitrogens with zero attached hydrogens (tertiary/aromatic N) is 4. The van der Waals surface area contributed by atoms with Gasteiger partial charge < -0.3 is 31.5 Å². The van der Waals surface area contributed by atoms with Gasteiger partial charge in [-0.3, -0.25) is 19.5 Å². The summed E-state index contributed by atoms with van der Waals surface area (Å²) in [4.78, 5) is 38.2. The zero-order valence-corrected chi connectivity index (χ0v) is 28.6. The van der Waals surface area contributed by atoms with Crippen LogP contribution >= 0.6 is 0 Å². The Morgan fingerprint density at radius 3 is 2.46 bits per heavy atom. The molecule has 12 heteroatoms. The molecule has 5 N–H and O–H groups in total. The van der Waals surface area contributed by atoms with Crippen LogP contribution in [0.15, 0.2) is 16.8 Å². The summed E-state index contributed by atoms with van der Waals surface area (Å²) in [5.74, 6) is -0.731. The third-order valence-electron chi connectivity index (χ3n) is 10.7. The lowest BCUT2D eigenvalue weighted by atomic mass is 9.89. The van der Waals surface area contributed by atoms with E-state index < -0.39 is 42.6 Å². The van der Waals surface area contributed by atoms with Crippen molar-refractivity contribution in [1.29, 1.82) is 0 Å². The minimum Gasteiger partial charge on any atom is -0.373 e. The molecule has 262 valence electrons. The highest BCUT2D eigenvalue weighted by molar-refractivity contribution is 5.81. The Morgan fingerprint density at radius 1 is 1.09 bits per heavy atom. The SMILES string of the molecule is CCCCC(CC)/C1=C/CC(F)C=NC(C)C(C(=O)NC2CNCC(F)C2N2CCC(C(=O)N3CCN(CC)CC3)CC2)C(N)N1. The first kappa shape index (κ1) is 36.7. The number of hydrogen-bond donors (Lipinski definition) is 4. The van der Waals surface area contributed by atoms with Crippen LogP contribution in [0.2, 0.25) is 0 Å². The number of alkyl halides is 2. The molecule has 0 saturated carbocycles. The number of amides is 2. The summed E-state index contributed by atoms with van der Waals surface area (Å²) < 4.78 is 30.4. The normalized spacial score (nSPS) is 34.3. The van der Waals surface area contributed by atoms with Gasteiger partial charge in [-0.2, -0.15) is 0 Å². The molecule has 4 aliphatic heterocycles. The van der Waals surface area contributed by atoms with Crippen molar-refractivity contribution in [3.8, 4) is 0 Å². The van der Waals surface area contributed by atoms with E-state index in [4.69, 9.17) is 5.73 Å². The molecule has 3 fully saturated rings. The highest BCUT2D eigenvalue weighted by Gasteiger charge is 2.43. The zero-order chi connectivity index (χ0) is 33.2. The first-order valence-corrected chi connectivity index (χ1v) is 18.0. The van der Waals surface area contributed by atoms with Gasteiger partial charge in [-0.15, -0.1) is 0 Å². The van der Waals surface area contributed by atoms with Crippen molar-refractivity contribution in [2.45, 2.75) is 109 Å². The van der Waals surface area contributed by atoms with E-state index in [1.54, 1.807) is 6.92 Å². The smallest absolute Gasteiger partial charge is 0.229 e. The van der Waals surface area contributed by atoms with Crippen LogP contribution in [0.3, 0.4) is 0 Å². The molecule has 4 rings (SSSR count). The van der Waals surface area contributed by atoms with Crippen LogP contribution in [0, 0.1) is 17.8 Å². The summed E-state index contributed by atoms with van der Waals surface area (Å²) >= 11 is 0. The predicted octanol–water partition coefficient (Wildman–Crippen LogP) is 2.45. The van der Waals surface area contributed by atoms with E-state index in [9.17, 15) is 14.0 Å². The maximum absolute atomic E-state index is 15.6. The van der Waals surface area contributed by atoms with Crippen molar-refractivity contribution < 1.29 is 18.4 Å². The largest absolute Gasteiger partial charge is 0.373 e. The number of rotatable bonds is 10. The lowest BCUT2D eigenvalue weighted by Gasteiger charge is -2.46. The van der Waals surface area contributed by atoms with Crippen molar-refractivity contribution in [3.63, 3.8) is 0 Å². The van der Waals surface area contributed by atoms with Crippen molar-refractivity contribution in [2.24, 2.45) is 28.5 Å². The van der Waals surface area contributed by atoms with E-state index in [1.165, 1.54) is 6.21 Å². The lowest BCUT2D eigenvalue weighted by Crippen LogP contribution is -2.67. The fraction of sp³-hybridized carbons (Fsp3) is 0.853. The second-order valence-electron chi connectivity index (χ2n) is 13.7. The average molecular weight is 651 g/mol. The molecule has 4 aliphatic rings. The van der Waals surface area contributed by atoms with Gasteiger partial charge in [-0.05, 0) is 58.2 Å². The van der Waals surface area contributed by atoms with Gasteiger partial charge in [0.2, 0.25) is 11.8 Å². The Morgan fingerprint density at radius 2 is 1.80 bits per heavy atom. The number of allylic oxidation sites excluding steroid dienone is 2. The minimum atomic E-state index is -1.25. The summed E-state index contributed by atoms with van der Waals surface area (Å²) in [6.07, 6.45) is 5.52. The Bertz CT molecular complexity index is 1030. The summed E-state index contributed by atoms with van der Waals surface area (Å²) in [6, 6.07) is -1.57. The van der Waals surface area contributed by atoms with Gasteiger partial charge >= 0.3 is 0 Å². The van der Waals surface area contributed by atoms with Crippen LogP contribution in [0.5, 0.6) is 0 Å². The van der Waals surface area contributed by atoms with Crippen molar-refractivity contribution in [1.82, 2.24) is 30.7 Å². The number of piperidine rings is 2. The molecule has 0 aromatic heterocycles. The van der Waals surface area contributed by atoms with Gasteiger partial charge in [0.25, 0.3) is 0 Å². The maximum atomic E-state index is 15.6. The van der Waals surface area contributed by atoms with Crippen molar-refractivity contribution >= 4 is 18.0 Å². The fourth-order valence-corrected chi connectivity index (χ4v) is 7.72. The number of likely N-dealkylation sites (N-methyl/N-ethyl adjacent to an activating group) is 1. The summed E-state index contributed by atoms with van der Waals surface area (Å²) in [5, 5.41) is 9.68. The average Bonchev–Trinajstić information content (AvgIpc) is 3.06. The van der Waals surface area contributed by atoms with Gasteiger partial charge in [0.1, 0.15) is 12.3 Å². The Kier molecular flexibility index (Phi) is 14.2. The quantitative estimate of drug-likeness (QED) is 0.287. The molecule has 8 atom stereocenters. The second-order valence-corrected chi connectivity index (χ2v) is 13.7. The van der Waals surface area contributed by atoms with E-state index >= 15 is 4.39 Å². The van der Waals surface area contributed by atoms with Crippen molar-refractivity contribution in [3.05, 3.63) is 11.8 Å². The molecule has 0 aromatic carbocycles. The summed E-state index contributed by atoms with van der Waals surface area (Å²) in [6.45, 7) is 14.4. The number of carbonyl (C=O) groups is 2. The standard InChI is InChI=1S/C34H60F2N8O2/c1-5-8-9-24(6-2)28-11-10-26(35)20-39-23(4)30(32(37)40-28)33(45)41-29-22-38-21-27(36)31(29)43-14-12-25(13-15-43)34(46)44-18-16-42(7-3)17-19-44/h11,20,23-27,29-32,38,40H,5-10,12-19,21-22,37H2,1-4H3,(H,41,45)/b28-11-,39-20?. The van der Waals surface area contributed by atoms with Crippen LogP contribution in [0.25, 0.3) is 0 Å². The number of hydrogen-bond acceptors (Lipinski definition) is 8. The molecule has 8 unspecified atom stereocenters. The van der Waals surface area contributed by atoms with Crippen LogP contribution in [-0.4, -0.2) is 128 Å². The highest BCUT2D eigenvalue weighted by Crippen LogP contribution is 2.27. The number of unbranched alkanes of at least 4 members (excludes halogenated alkanes) is 1. The molecule has 0 aliphatic carbocycles. The fourth-order valence-electron chi connectivity index (χ4n) is 7.72. The molecule has 46 heavy (non-hydrogen) atoms. The highest BCUT2D eigenvalue weighted by atomic mass is 19.1. The first-order valence-electron chi connectivity index (χ1n) is 18.0. The second kappa shape index (κ2) is 17.8. The number of carbonyl (C=O) groups excluding carboxylic acids is 2. The number of halogens is 2. The molecule has 0 spiro atoms. The zero-order valence-electron chi connectivity index (χ0n) is 28.6. The molecule has 4 heterocycles. The summed E-state index contributed by atoms with van der Waals surface area (Å²) in [5.41, 5.74) is 7.60. The van der Waals surface area contributed by atoms with Gasteiger partial charge in [-0.1, -0.05) is 39.7 Å². The third-order valence-corrected chi connectivity index (χ3v) is 10.7. The van der Waals surface area contributed by atoms with Gasteiger partial charge in [-0.25, -0.2) is 8.78 Å². The molecule has 10 nitrogen and oxygen atoms in total. The van der Waals surface area contributed by atoms with E-state index in [1.807, 2.05) is 11.0 Å². The molecule has 3 saturated heterocycles. The van der Waals surface area contributed by atoms with Gasteiger partial charge in [0, 0.05) is 63.5 Å². The molecule has 0 bridgehead atoms. The Hall–Kier alpha value is -2.15. The first-order chi connectivity index (χ1) is 22.2. The molecule has 2 amide bonds. The Balaban J connectivity index is 1.42. The third kappa shape index (κ3) is 9.48. The maximum Gasteiger partial charge on any atom is 0.229 e. The molecular weight excluding hydrogens is 590 g/mol. The van der Waals surface area contributed by atoms with E-state index in [0.717, 1.165) is 64.1 Å².